The number of ether oxygens (including phenoxy) is 4. The molecule has 0 rings (SSSR count). The first-order chi connectivity index (χ1) is 51.6. The number of hydrogen-bond donors (Lipinski definition) is 0. The number of carboxylic acid groups (broad SMARTS) is 1. The van der Waals surface area contributed by atoms with Gasteiger partial charge in [-0.3, -0.25) is 9.59 Å². The molecule has 604 valence electrons. The number of carboxylic acids is 1. The number of unbranched alkanes of at least 4 members (excludes halogenated alkanes) is 45. The zero-order chi connectivity index (χ0) is 76.0. The second kappa shape index (κ2) is 85.0. The number of esters is 2. The standard InChI is InChI=1S/C96H167NO8/c1-6-8-10-12-14-16-18-20-22-24-26-28-30-32-34-36-38-40-42-44-46-47-49-51-53-55-57-59-61-63-65-67-69-71-73-75-77-79-81-83-85-87-94(99)105-92(91-104-96(95(100)101)102-89-88-97(3,4)5)90-103-93(98)86-84-82-80-78-76-74-72-70-68-66-64-62-60-58-56-54-52-50-48-45-43-41-39-37-35-33-31-29-27-25-23-21-19-17-15-13-11-9-7-2/h8,10,14,16,20,22,26,28,32,34,38,40,44,46,49,51,55,57,61,63,67,69,92,96H,6-7,9,11-13,15,17-19,21,23-25,27,29-31,33,35-37,39,41-43,45,47-48,50,52-54,56,58-60,62,64-66,68,70-91H2,1-5H3/b10-8-,16-14-,22-20-,28-26-,34-32-,40-38-,46-44-,51-49-,57-55-,63-61-,69-67-. The van der Waals surface area contributed by atoms with Crippen molar-refractivity contribution < 1.29 is 42.9 Å². The van der Waals surface area contributed by atoms with Gasteiger partial charge in [-0.25, -0.2) is 0 Å². The molecule has 0 bridgehead atoms. The highest BCUT2D eigenvalue weighted by Gasteiger charge is 2.22. The van der Waals surface area contributed by atoms with Crippen LogP contribution in [0.1, 0.15) is 399 Å². The molecule has 0 spiro atoms. The molecule has 0 aromatic rings. The SMILES string of the molecule is CC/C=C\C/C=C\C/C=C\C/C=C\C/C=C\C/C=C\C/C=C\C/C=C\C/C=C\C/C=C\C/C=C\CCCCCCCCCC(=O)OC(COC(=O)CCCCCCCCCCCCCCCCCCCCCCCCCCCCCCCCCCCCCCCCC)COC(OCC[N+](C)(C)C)C(=O)[O-]. The average Bonchev–Trinajstić information content (AvgIpc) is 1.18. The first-order valence-electron chi connectivity index (χ1n) is 44.3. The number of hydrogen-bond acceptors (Lipinski definition) is 8. The largest absolute Gasteiger partial charge is 0.545 e. The van der Waals surface area contributed by atoms with Crippen LogP contribution in [-0.2, 0) is 33.3 Å². The van der Waals surface area contributed by atoms with Crippen LogP contribution in [0.4, 0.5) is 0 Å². The highest BCUT2D eigenvalue weighted by Crippen LogP contribution is 2.20. The molecule has 0 aromatic heterocycles. The fraction of sp³-hybridized carbons (Fsp3) is 0.740. The molecule has 0 aliphatic carbocycles. The molecule has 0 N–H and O–H groups in total. The number of nitrogens with zero attached hydrogens (tertiary/aromatic N) is 1. The third-order valence-electron chi connectivity index (χ3n) is 19.4. The van der Waals surface area contributed by atoms with Gasteiger partial charge in [-0.05, 0) is 96.3 Å². The van der Waals surface area contributed by atoms with E-state index in [2.05, 4.69) is 148 Å². The van der Waals surface area contributed by atoms with Crippen molar-refractivity contribution in [1.82, 2.24) is 0 Å². The first kappa shape index (κ1) is 100. The van der Waals surface area contributed by atoms with Crippen LogP contribution >= 0.6 is 0 Å². The van der Waals surface area contributed by atoms with Crippen molar-refractivity contribution in [2.75, 3.05) is 47.5 Å². The summed E-state index contributed by atoms with van der Waals surface area (Å²) in [5, 5.41) is 11.9. The van der Waals surface area contributed by atoms with Gasteiger partial charge in [0.05, 0.1) is 40.3 Å². The van der Waals surface area contributed by atoms with Crippen molar-refractivity contribution in [2.24, 2.45) is 0 Å². The zero-order valence-electron chi connectivity index (χ0n) is 69.3. The monoisotopic (exact) mass is 1460 g/mol. The Kier molecular flexibility index (Phi) is 81.3. The third kappa shape index (κ3) is 86.5. The summed E-state index contributed by atoms with van der Waals surface area (Å²) < 4.78 is 22.9. The van der Waals surface area contributed by atoms with Crippen molar-refractivity contribution in [3.05, 3.63) is 134 Å². The van der Waals surface area contributed by atoms with E-state index in [1.165, 1.54) is 250 Å². The smallest absolute Gasteiger partial charge is 0.306 e. The van der Waals surface area contributed by atoms with Crippen LogP contribution < -0.4 is 5.11 Å². The Morgan fingerprint density at radius 1 is 0.295 bits per heavy atom. The molecule has 2 unspecified atom stereocenters. The fourth-order valence-corrected chi connectivity index (χ4v) is 12.7. The lowest BCUT2D eigenvalue weighted by Crippen LogP contribution is -2.44. The fourth-order valence-electron chi connectivity index (χ4n) is 12.7. The summed E-state index contributed by atoms with van der Waals surface area (Å²) in [6, 6.07) is 0. The molecule has 0 amide bonds. The molecule has 105 heavy (non-hydrogen) atoms. The maximum absolute atomic E-state index is 13.0. The number of carbonyl (C=O) groups excluding carboxylic acids is 3. The molecule has 0 saturated heterocycles. The molecule has 0 aliphatic rings. The Balaban J connectivity index is 4.03. The van der Waals surface area contributed by atoms with Gasteiger partial charge >= 0.3 is 11.9 Å². The number of likely N-dealkylation sites (N-methyl/N-ethyl adjacent to an activating group) is 1. The van der Waals surface area contributed by atoms with Gasteiger partial charge in [-0.2, -0.15) is 0 Å². The third-order valence-corrected chi connectivity index (χ3v) is 19.4. The van der Waals surface area contributed by atoms with E-state index in [1.54, 1.807) is 0 Å². The quantitative estimate of drug-likeness (QED) is 0.0195. The predicted octanol–water partition coefficient (Wildman–Crippen LogP) is 27.8. The molecule has 2 atom stereocenters. The number of allylic oxidation sites excluding steroid dienone is 22. The predicted molar refractivity (Wildman–Crippen MR) is 453 cm³/mol. The molecule has 9 nitrogen and oxygen atoms in total. The zero-order valence-corrected chi connectivity index (χ0v) is 69.3. The van der Waals surface area contributed by atoms with Crippen LogP contribution in [0.3, 0.4) is 0 Å². The van der Waals surface area contributed by atoms with Crippen LogP contribution in [0.2, 0.25) is 0 Å². The summed E-state index contributed by atoms with van der Waals surface area (Å²) in [5.74, 6) is -2.29. The van der Waals surface area contributed by atoms with Crippen LogP contribution in [0.25, 0.3) is 0 Å². The molecule has 0 radical (unpaired) electrons. The van der Waals surface area contributed by atoms with Gasteiger partial charge in [0.25, 0.3) is 0 Å². The number of quaternary nitrogens is 1. The lowest BCUT2D eigenvalue weighted by atomic mass is 10.0. The second-order valence-electron chi connectivity index (χ2n) is 30.8. The van der Waals surface area contributed by atoms with E-state index in [0.29, 0.717) is 17.4 Å². The minimum atomic E-state index is -1.63. The molecular weight excluding hydrogens is 1300 g/mol. The van der Waals surface area contributed by atoms with Crippen molar-refractivity contribution >= 4 is 17.9 Å². The number of rotatable bonds is 82. The van der Waals surface area contributed by atoms with E-state index in [0.717, 1.165) is 116 Å². The normalized spacial score (nSPS) is 13.3. The van der Waals surface area contributed by atoms with Crippen molar-refractivity contribution in [2.45, 2.75) is 411 Å². The first-order valence-corrected chi connectivity index (χ1v) is 44.3. The van der Waals surface area contributed by atoms with Gasteiger partial charge in [0.1, 0.15) is 13.2 Å². The summed E-state index contributed by atoms with van der Waals surface area (Å²) >= 11 is 0. The molecule has 0 fully saturated rings. The van der Waals surface area contributed by atoms with Crippen molar-refractivity contribution in [1.29, 1.82) is 0 Å². The summed E-state index contributed by atoms with van der Waals surface area (Å²) in [6.45, 7) is 4.66. The van der Waals surface area contributed by atoms with E-state index in [9.17, 15) is 19.5 Å². The second-order valence-corrected chi connectivity index (χ2v) is 30.8. The Morgan fingerprint density at radius 3 is 0.810 bits per heavy atom. The van der Waals surface area contributed by atoms with Gasteiger partial charge in [0.2, 0.25) is 0 Å². The van der Waals surface area contributed by atoms with E-state index < -0.39 is 24.3 Å². The molecule has 0 aromatic carbocycles. The summed E-state index contributed by atoms with van der Waals surface area (Å²) in [4.78, 5) is 37.7. The summed E-state index contributed by atoms with van der Waals surface area (Å²) in [7, 11) is 5.94. The lowest BCUT2D eigenvalue weighted by molar-refractivity contribution is -0.870. The molecule has 0 heterocycles. The van der Waals surface area contributed by atoms with Gasteiger partial charge in [0.15, 0.2) is 12.4 Å². The van der Waals surface area contributed by atoms with Gasteiger partial charge in [0, 0.05) is 12.8 Å². The van der Waals surface area contributed by atoms with E-state index in [4.69, 9.17) is 18.9 Å². The average molecular weight is 1460 g/mol. The van der Waals surface area contributed by atoms with Gasteiger partial charge in [-0.1, -0.05) is 424 Å². The Labute approximate surface area is 650 Å². The van der Waals surface area contributed by atoms with E-state index in [-0.39, 0.29) is 38.6 Å². The van der Waals surface area contributed by atoms with Crippen molar-refractivity contribution in [3.8, 4) is 0 Å². The topological polar surface area (TPSA) is 111 Å². The number of aliphatic carboxylic acids is 1. The van der Waals surface area contributed by atoms with Crippen molar-refractivity contribution in [3.63, 3.8) is 0 Å². The highest BCUT2D eigenvalue weighted by atomic mass is 16.7. The molecule has 9 heteroatoms. The maximum Gasteiger partial charge on any atom is 0.306 e. The van der Waals surface area contributed by atoms with Crippen LogP contribution in [0.5, 0.6) is 0 Å². The van der Waals surface area contributed by atoms with Crippen LogP contribution in [-0.4, -0.2) is 82.3 Å². The Bertz CT molecular complexity index is 2200. The van der Waals surface area contributed by atoms with E-state index in [1.807, 2.05) is 21.1 Å². The Hall–Kier alpha value is -4.57. The minimum Gasteiger partial charge on any atom is -0.545 e. The lowest BCUT2D eigenvalue weighted by Gasteiger charge is -2.26. The molecular formula is C96H167NO8. The number of carbonyl (C=O) groups is 3. The van der Waals surface area contributed by atoms with Crippen LogP contribution in [0, 0.1) is 0 Å². The molecule has 0 saturated carbocycles. The maximum atomic E-state index is 13.0. The Morgan fingerprint density at radius 2 is 0.543 bits per heavy atom. The van der Waals surface area contributed by atoms with Crippen LogP contribution in [0.15, 0.2) is 134 Å². The highest BCUT2D eigenvalue weighted by molar-refractivity contribution is 5.70. The van der Waals surface area contributed by atoms with Gasteiger partial charge in [-0.15, -0.1) is 0 Å². The van der Waals surface area contributed by atoms with E-state index >= 15 is 0 Å². The van der Waals surface area contributed by atoms with Gasteiger partial charge < -0.3 is 33.3 Å². The minimum absolute atomic E-state index is 0.141. The summed E-state index contributed by atoms with van der Waals surface area (Å²) in [6.07, 6.45) is 120. The molecule has 0 aliphatic heterocycles. The summed E-state index contributed by atoms with van der Waals surface area (Å²) in [5.41, 5.74) is 0.